The first-order chi connectivity index (χ1) is 12.0. The summed E-state index contributed by atoms with van der Waals surface area (Å²) in [6, 6.07) is 10.0. The molecule has 25 heavy (non-hydrogen) atoms. The van der Waals surface area contributed by atoms with Crippen LogP contribution in [0.5, 0.6) is 0 Å². The molecule has 0 atom stereocenters. The van der Waals surface area contributed by atoms with Gasteiger partial charge in [-0.25, -0.2) is 14.8 Å². The molecule has 3 rings (SSSR count). The summed E-state index contributed by atoms with van der Waals surface area (Å²) in [5.74, 6) is -0.398. The van der Waals surface area contributed by atoms with Gasteiger partial charge in [-0.2, -0.15) is 0 Å². The standard InChI is InChI=1S/C20H21N3O2/c1-5-25-20(24)16-11-21-19-15(9-8-14(4)22-19)18(16)23-17-10-12(2)6-7-13(17)3/h6-11H,5H2,1-4H3,(H,21,22,23). The van der Waals surface area contributed by atoms with E-state index in [1.54, 1.807) is 6.92 Å². The van der Waals surface area contributed by atoms with Crippen molar-refractivity contribution in [1.82, 2.24) is 9.97 Å². The Bertz CT molecular complexity index is 951. The molecule has 0 unspecified atom stereocenters. The van der Waals surface area contributed by atoms with Crippen molar-refractivity contribution < 1.29 is 9.53 Å². The monoisotopic (exact) mass is 335 g/mol. The van der Waals surface area contributed by atoms with Gasteiger partial charge >= 0.3 is 5.97 Å². The van der Waals surface area contributed by atoms with Gasteiger partial charge < -0.3 is 10.1 Å². The van der Waals surface area contributed by atoms with Crippen molar-refractivity contribution in [2.45, 2.75) is 27.7 Å². The van der Waals surface area contributed by atoms with Crippen LogP contribution in [0.1, 0.15) is 34.1 Å². The van der Waals surface area contributed by atoms with E-state index in [1.165, 1.54) is 6.20 Å². The van der Waals surface area contributed by atoms with Gasteiger partial charge in [-0.3, -0.25) is 0 Å². The Morgan fingerprint density at radius 2 is 1.96 bits per heavy atom. The minimum Gasteiger partial charge on any atom is -0.462 e. The van der Waals surface area contributed by atoms with Crippen molar-refractivity contribution in [2.24, 2.45) is 0 Å². The van der Waals surface area contributed by atoms with Crippen LogP contribution in [0, 0.1) is 20.8 Å². The van der Waals surface area contributed by atoms with Gasteiger partial charge in [-0.15, -0.1) is 0 Å². The van der Waals surface area contributed by atoms with Crippen LogP contribution in [0.2, 0.25) is 0 Å². The number of pyridine rings is 2. The molecule has 0 radical (unpaired) electrons. The van der Waals surface area contributed by atoms with Gasteiger partial charge in [-0.05, 0) is 57.0 Å². The summed E-state index contributed by atoms with van der Waals surface area (Å²) >= 11 is 0. The Morgan fingerprint density at radius 3 is 2.72 bits per heavy atom. The highest BCUT2D eigenvalue weighted by Crippen LogP contribution is 2.30. The van der Waals surface area contributed by atoms with E-state index in [4.69, 9.17) is 4.74 Å². The summed E-state index contributed by atoms with van der Waals surface area (Å²) in [5, 5.41) is 4.19. The summed E-state index contributed by atoms with van der Waals surface area (Å²) in [7, 11) is 0. The number of hydrogen-bond acceptors (Lipinski definition) is 5. The summed E-state index contributed by atoms with van der Waals surface area (Å²) in [4.78, 5) is 21.2. The molecule has 5 heteroatoms. The number of esters is 1. The SMILES string of the molecule is CCOC(=O)c1cnc2nc(C)ccc2c1Nc1cc(C)ccc1C. The molecule has 0 amide bonds. The molecule has 5 nitrogen and oxygen atoms in total. The minimum atomic E-state index is -0.398. The predicted molar refractivity (Wildman–Crippen MR) is 99.4 cm³/mol. The van der Waals surface area contributed by atoms with Crippen LogP contribution in [0.15, 0.2) is 36.5 Å². The Hall–Kier alpha value is -2.95. The second kappa shape index (κ2) is 6.89. The quantitative estimate of drug-likeness (QED) is 0.712. The van der Waals surface area contributed by atoms with Crippen molar-refractivity contribution in [1.29, 1.82) is 0 Å². The van der Waals surface area contributed by atoms with Crippen LogP contribution >= 0.6 is 0 Å². The van der Waals surface area contributed by atoms with Gasteiger partial charge in [0, 0.05) is 23.0 Å². The third-order valence-electron chi connectivity index (χ3n) is 4.02. The topological polar surface area (TPSA) is 64.1 Å². The molecule has 0 fully saturated rings. The number of ether oxygens (including phenoxy) is 1. The zero-order chi connectivity index (χ0) is 18.0. The van der Waals surface area contributed by atoms with E-state index < -0.39 is 5.97 Å². The number of rotatable bonds is 4. The van der Waals surface area contributed by atoms with Crippen molar-refractivity contribution in [3.05, 3.63) is 58.9 Å². The number of aryl methyl sites for hydroxylation is 3. The average molecular weight is 335 g/mol. The molecular formula is C20H21N3O2. The van der Waals surface area contributed by atoms with E-state index in [1.807, 2.05) is 39.0 Å². The van der Waals surface area contributed by atoms with Gasteiger partial charge in [0.2, 0.25) is 0 Å². The maximum absolute atomic E-state index is 12.4. The van der Waals surface area contributed by atoms with Crippen molar-refractivity contribution in [2.75, 3.05) is 11.9 Å². The van der Waals surface area contributed by atoms with Gasteiger partial charge in [0.05, 0.1) is 12.3 Å². The molecule has 0 spiro atoms. The molecule has 1 N–H and O–H groups in total. The van der Waals surface area contributed by atoms with E-state index in [2.05, 4.69) is 27.4 Å². The highest BCUT2D eigenvalue weighted by molar-refractivity contribution is 6.05. The molecule has 2 heterocycles. The third-order valence-corrected chi connectivity index (χ3v) is 4.02. The number of benzene rings is 1. The highest BCUT2D eigenvalue weighted by atomic mass is 16.5. The molecule has 0 aliphatic rings. The molecule has 0 saturated carbocycles. The summed E-state index contributed by atoms with van der Waals surface area (Å²) in [6.45, 7) is 8.07. The van der Waals surface area contributed by atoms with Crippen molar-refractivity contribution >= 4 is 28.4 Å². The minimum absolute atomic E-state index is 0.311. The van der Waals surface area contributed by atoms with Crippen LogP contribution < -0.4 is 5.32 Å². The number of fused-ring (bicyclic) bond motifs is 1. The molecule has 0 aliphatic heterocycles. The van der Waals surface area contributed by atoms with Crippen molar-refractivity contribution in [3.8, 4) is 0 Å². The van der Waals surface area contributed by atoms with E-state index in [9.17, 15) is 4.79 Å². The lowest BCUT2D eigenvalue weighted by atomic mass is 10.1. The Morgan fingerprint density at radius 1 is 1.16 bits per heavy atom. The molecule has 0 saturated heterocycles. The zero-order valence-corrected chi connectivity index (χ0v) is 14.9. The normalized spacial score (nSPS) is 10.7. The van der Waals surface area contributed by atoms with E-state index in [0.29, 0.717) is 23.5 Å². The number of anilines is 2. The Kier molecular flexibility index (Phi) is 4.65. The molecule has 0 aliphatic carbocycles. The lowest BCUT2D eigenvalue weighted by molar-refractivity contribution is 0.0527. The summed E-state index contributed by atoms with van der Waals surface area (Å²) in [6.07, 6.45) is 1.53. The molecule has 3 aromatic rings. The average Bonchev–Trinajstić information content (AvgIpc) is 2.58. The van der Waals surface area contributed by atoms with Crippen LogP contribution in [0.4, 0.5) is 11.4 Å². The zero-order valence-electron chi connectivity index (χ0n) is 14.9. The largest absolute Gasteiger partial charge is 0.462 e. The van der Waals surface area contributed by atoms with E-state index >= 15 is 0 Å². The molecule has 128 valence electrons. The number of aromatic nitrogens is 2. The van der Waals surface area contributed by atoms with Gasteiger partial charge in [0.25, 0.3) is 0 Å². The van der Waals surface area contributed by atoms with Crippen LogP contribution in [0.25, 0.3) is 11.0 Å². The number of nitrogens with zero attached hydrogens (tertiary/aromatic N) is 2. The lowest BCUT2D eigenvalue weighted by Crippen LogP contribution is -2.10. The third kappa shape index (κ3) is 3.45. The summed E-state index contributed by atoms with van der Waals surface area (Å²) < 4.78 is 5.19. The molecule has 1 aromatic carbocycles. The summed E-state index contributed by atoms with van der Waals surface area (Å²) in [5.41, 5.74) is 5.72. The van der Waals surface area contributed by atoms with Crippen LogP contribution in [0.3, 0.4) is 0 Å². The van der Waals surface area contributed by atoms with E-state index in [0.717, 1.165) is 27.9 Å². The maximum Gasteiger partial charge on any atom is 0.341 e. The second-order valence-electron chi connectivity index (χ2n) is 6.03. The molecule has 2 aromatic heterocycles. The molecular weight excluding hydrogens is 314 g/mol. The van der Waals surface area contributed by atoms with E-state index in [-0.39, 0.29) is 0 Å². The van der Waals surface area contributed by atoms with Gasteiger partial charge in [0.15, 0.2) is 5.65 Å². The maximum atomic E-state index is 12.4. The second-order valence-corrected chi connectivity index (χ2v) is 6.03. The number of hydrogen-bond donors (Lipinski definition) is 1. The van der Waals surface area contributed by atoms with Gasteiger partial charge in [0.1, 0.15) is 5.56 Å². The lowest BCUT2D eigenvalue weighted by Gasteiger charge is -2.16. The fourth-order valence-electron chi connectivity index (χ4n) is 2.68. The Labute approximate surface area is 147 Å². The number of nitrogens with one attached hydrogen (secondary N) is 1. The first-order valence-electron chi connectivity index (χ1n) is 8.27. The van der Waals surface area contributed by atoms with Gasteiger partial charge in [-0.1, -0.05) is 12.1 Å². The number of carbonyl (C=O) groups excluding carboxylic acids is 1. The first-order valence-corrected chi connectivity index (χ1v) is 8.27. The molecule has 0 bridgehead atoms. The first kappa shape index (κ1) is 16.9. The van der Waals surface area contributed by atoms with Crippen LogP contribution in [-0.4, -0.2) is 22.5 Å². The van der Waals surface area contributed by atoms with Crippen LogP contribution in [-0.2, 0) is 4.74 Å². The number of carbonyl (C=O) groups is 1. The fraction of sp³-hybridized carbons (Fsp3) is 0.250. The smallest absolute Gasteiger partial charge is 0.341 e. The van der Waals surface area contributed by atoms with Crippen molar-refractivity contribution in [3.63, 3.8) is 0 Å². The predicted octanol–water partition coefficient (Wildman–Crippen LogP) is 4.48. The Balaban J connectivity index is 2.19. The fourth-order valence-corrected chi connectivity index (χ4v) is 2.68. The highest BCUT2D eigenvalue weighted by Gasteiger charge is 2.18.